The fraction of sp³-hybridized carbons (Fsp3) is 1.00. The van der Waals surface area contributed by atoms with E-state index >= 15 is 0 Å². The number of nitrogens with zero attached hydrogens (tertiary/aromatic N) is 1. The Morgan fingerprint density at radius 3 is 2.56 bits per heavy atom. The molecule has 2 unspecified atom stereocenters. The van der Waals surface area contributed by atoms with E-state index in [1.54, 1.807) is 0 Å². The molecule has 16 heavy (non-hydrogen) atoms. The summed E-state index contributed by atoms with van der Waals surface area (Å²) in [5.74, 6) is 0.135. The van der Waals surface area contributed by atoms with E-state index in [-0.39, 0.29) is 11.9 Å². The van der Waals surface area contributed by atoms with Gasteiger partial charge < -0.3 is 20.1 Å². The molecule has 4 nitrogen and oxygen atoms in total. The van der Waals surface area contributed by atoms with Crippen molar-refractivity contribution < 1.29 is 9.47 Å². The van der Waals surface area contributed by atoms with Gasteiger partial charge in [0, 0.05) is 12.5 Å². The molecule has 0 aliphatic carbocycles. The Hall–Kier alpha value is -0.160. The fourth-order valence-corrected chi connectivity index (χ4v) is 2.76. The minimum atomic E-state index is -0.385. The summed E-state index contributed by atoms with van der Waals surface area (Å²) < 4.78 is 11.8. The van der Waals surface area contributed by atoms with E-state index in [0.29, 0.717) is 19.1 Å². The zero-order valence-electron chi connectivity index (χ0n) is 10.4. The van der Waals surface area contributed by atoms with Gasteiger partial charge in [0.25, 0.3) is 0 Å². The van der Waals surface area contributed by atoms with E-state index in [4.69, 9.17) is 15.2 Å². The molecule has 2 atom stereocenters. The van der Waals surface area contributed by atoms with Crippen molar-refractivity contribution in [2.75, 3.05) is 32.8 Å². The highest BCUT2D eigenvalue weighted by Crippen LogP contribution is 2.36. The summed E-state index contributed by atoms with van der Waals surface area (Å²) in [6.45, 7) is 8.98. The van der Waals surface area contributed by atoms with E-state index in [9.17, 15) is 0 Å². The third-order valence-electron chi connectivity index (χ3n) is 4.00. The van der Waals surface area contributed by atoms with Crippen molar-refractivity contribution in [3.8, 4) is 0 Å². The molecule has 2 heterocycles. The lowest BCUT2D eigenvalue weighted by Crippen LogP contribution is -2.44. The molecule has 0 spiro atoms. The number of rotatable bonds is 3. The second-order valence-corrected chi connectivity index (χ2v) is 5.01. The van der Waals surface area contributed by atoms with Crippen molar-refractivity contribution in [3.05, 3.63) is 0 Å². The standard InChI is InChI=1S/C12H24N2O2/c1-3-14-6-4-10(5-7-14)12(2)15-9-11(8-13)16-12/h10-11H,3-9,13H2,1-2H3. The van der Waals surface area contributed by atoms with Crippen LogP contribution >= 0.6 is 0 Å². The summed E-state index contributed by atoms with van der Waals surface area (Å²) in [7, 11) is 0. The first kappa shape index (κ1) is 12.3. The molecule has 0 aromatic heterocycles. The van der Waals surface area contributed by atoms with Gasteiger partial charge in [-0.2, -0.15) is 0 Å². The molecular formula is C12H24N2O2. The Kier molecular flexibility index (Phi) is 3.85. The number of hydrogen-bond donors (Lipinski definition) is 1. The van der Waals surface area contributed by atoms with Crippen LogP contribution in [0.1, 0.15) is 26.7 Å². The lowest BCUT2D eigenvalue weighted by Gasteiger charge is -2.39. The third-order valence-corrected chi connectivity index (χ3v) is 4.00. The van der Waals surface area contributed by atoms with Gasteiger partial charge in [0.2, 0.25) is 0 Å². The van der Waals surface area contributed by atoms with Gasteiger partial charge in [-0.1, -0.05) is 6.92 Å². The zero-order valence-corrected chi connectivity index (χ0v) is 10.4. The van der Waals surface area contributed by atoms with E-state index in [1.807, 2.05) is 0 Å². The first-order valence-electron chi connectivity index (χ1n) is 6.42. The molecule has 0 aromatic carbocycles. The fourth-order valence-electron chi connectivity index (χ4n) is 2.76. The quantitative estimate of drug-likeness (QED) is 0.776. The Balaban J connectivity index is 1.88. The number of likely N-dealkylation sites (tertiary alicyclic amines) is 1. The number of ether oxygens (including phenoxy) is 2. The molecule has 2 fully saturated rings. The second kappa shape index (κ2) is 5.00. The van der Waals surface area contributed by atoms with E-state index in [1.165, 1.54) is 12.8 Å². The summed E-state index contributed by atoms with van der Waals surface area (Å²) in [5, 5.41) is 0. The molecule has 2 aliphatic heterocycles. The van der Waals surface area contributed by atoms with Gasteiger partial charge in [-0.15, -0.1) is 0 Å². The Labute approximate surface area is 98.1 Å². The molecule has 2 N–H and O–H groups in total. The summed E-state index contributed by atoms with van der Waals surface area (Å²) in [6, 6.07) is 0. The highest BCUT2D eigenvalue weighted by atomic mass is 16.7. The van der Waals surface area contributed by atoms with Gasteiger partial charge in [0.1, 0.15) is 0 Å². The van der Waals surface area contributed by atoms with Crippen molar-refractivity contribution in [1.82, 2.24) is 4.90 Å². The van der Waals surface area contributed by atoms with Crippen molar-refractivity contribution in [1.29, 1.82) is 0 Å². The SMILES string of the molecule is CCN1CCC(C2(C)OCC(CN)O2)CC1. The normalized spacial score (nSPS) is 38.1. The third kappa shape index (κ3) is 2.40. The average molecular weight is 228 g/mol. The number of hydrogen-bond acceptors (Lipinski definition) is 4. The van der Waals surface area contributed by atoms with Gasteiger partial charge in [-0.05, 0) is 39.4 Å². The predicted octanol–water partition coefficient (Wildman–Crippen LogP) is 0.809. The van der Waals surface area contributed by atoms with Crippen LogP contribution in [0.25, 0.3) is 0 Å². The lowest BCUT2D eigenvalue weighted by atomic mass is 9.89. The molecule has 2 aliphatic rings. The van der Waals surface area contributed by atoms with Gasteiger partial charge in [-0.3, -0.25) is 0 Å². The van der Waals surface area contributed by atoms with Crippen molar-refractivity contribution in [2.24, 2.45) is 11.7 Å². The summed E-state index contributed by atoms with van der Waals surface area (Å²) in [5.41, 5.74) is 5.61. The molecule has 94 valence electrons. The van der Waals surface area contributed by atoms with Gasteiger partial charge in [0.15, 0.2) is 5.79 Å². The molecule has 0 bridgehead atoms. The molecule has 0 radical (unpaired) electrons. The highest BCUT2D eigenvalue weighted by molar-refractivity contribution is 4.86. The number of piperidine rings is 1. The summed E-state index contributed by atoms with van der Waals surface area (Å²) in [6.07, 6.45) is 2.43. The molecule has 0 aromatic rings. The monoisotopic (exact) mass is 228 g/mol. The van der Waals surface area contributed by atoms with Crippen LogP contribution in [0.2, 0.25) is 0 Å². The second-order valence-electron chi connectivity index (χ2n) is 5.01. The molecule has 4 heteroatoms. The molecule has 2 saturated heterocycles. The van der Waals surface area contributed by atoms with Crippen molar-refractivity contribution >= 4 is 0 Å². The van der Waals surface area contributed by atoms with Crippen LogP contribution in [0.15, 0.2) is 0 Å². The summed E-state index contributed by atoms with van der Waals surface area (Å²) in [4.78, 5) is 2.48. The first-order chi connectivity index (χ1) is 7.68. The Morgan fingerprint density at radius 1 is 1.38 bits per heavy atom. The van der Waals surface area contributed by atoms with E-state index < -0.39 is 0 Å². The van der Waals surface area contributed by atoms with Gasteiger partial charge in [0.05, 0.1) is 12.7 Å². The number of nitrogens with two attached hydrogens (primary N) is 1. The smallest absolute Gasteiger partial charge is 0.169 e. The van der Waals surface area contributed by atoms with Crippen LogP contribution in [0, 0.1) is 5.92 Å². The minimum Gasteiger partial charge on any atom is -0.347 e. The maximum atomic E-state index is 5.94. The maximum absolute atomic E-state index is 5.94. The first-order valence-corrected chi connectivity index (χ1v) is 6.42. The van der Waals surface area contributed by atoms with E-state index in [2.05, 4.69) is 18.7 Å². The maximum Gasteiger partial charge on any atom is 0.169 e. The van der Waals surface area contributed by atoms with Crippen LogP contribution in [-0.4, -0.2) is 49.6 Å². The Bertz CT molecular complexity index is 229. The summed E-state index contributed by atoms with van der Waals surface area (Å²) >= 11 is 0. The van der Waals surface area contributed by atoms with Crippen LogP contribution in [-0.2, 0) is 9.47 Å². The van der Waals surface area contributed by atoms with Crippen LogP contribution < -0.4 is 5.73 Å². The molecule has 0 amide bonds. The van der Waals surface area contributed by atoms with Crippen LogP contribution in [0.5, 0.6) is 0 Å². The average Bonchev–Trinajstić information content (AvgIpc) is 2.73. The molecular weight excluding hydrogens is 204 g/mol. The molecule has 2 rings (SSSR count). The topological polar surface area (TPSA) is 47.7 Å². The van der Waals surface area contributed by atoms with Crippen LogP contribution in [0.3, 0.4) is 0 Å². The predicted molar refractivity (Wildman–Crippen MR) is 63.1 cm³/mol. The molecule has 0 saturated carbocycles. The van der Waals surface area contributed by atoms with Gasteiger partial charge in [-0.25, -0.2) is 0 Å². The van der Waals surface area contributed by atoms with Gasteiger partial charge >= 0.3 is 0 Å². The van der Waals surface area contributed by atoms with E-state index in [0.717, 1.165) is 19.6 Å². The highest BCUT2D eigenvalue weighted by Gasteiger charge is 2.44. The Morgan fingerprint density at radius 2 is 2.06 bits per heavy atom. The van der Waals surface area contributed by atoms with Crippen molar-refractivity contribution in [3.63, 3.8) is 0 Å². The zero-order chi connectivity index (χ0) is 11.6. The lowest BCUT2D eigenvalue weighted by molar-refractivity contribution is -0.199. The largest absolute Gasteiger partial charge is 0.347 e. The van der Waals surface area contributed by atoms with Crippen molar-refractivity contribution in [2.45, 2.75) is 38.6 Å². The van der Waals surface area contributed by atoms with Crippen LogP contribution in [0.4, 0.5) is 0 Å². The minimum absolute atomic E-state index is 0.0919.